The van der Waals surface area contributed by atoms with Crippen molar-refractivity contribution in [2.45, 2.75) is 26.1 Å². The molecule has 0 aliphatic heterocycles. The van der Waals surface area contributed by atoms with E-state index in [1.807, 2.05) is 24.3 Å². The Labute approximate surface area is 113 Å². The Balaban J connectivity index is 1.94. The topological polar surface area (TPSA) is 54.6 Å². The van der Waals surface area contributed by atoms with Gasteiger partial charge in [-0.25, -0.2) is 0 Å². The largest absolute Gasteiger partial charge is 0.497 e. The molecule has 0 aliphatic rings. The minimum Gasteiger partial charge on any atom is -0.497 e. The number of benzene rings is 1. The Hall–Kier alpha value is -1.78. The van der Waals surface area contributed by atoms with E-state index >= 15 is 0 Å². The number of furan rings is 1. The van der Waals surface area contributed by atoms with Crippen molar-refractivity contribution in [2.75, 3.05) is 7.11 Å². The normalized spacial score (nSPS) is 12.4. The second-order valence-corrected chi connectivity index (χ2v) is 4.41. The third-order valence-corrected chi connectivity index (χ3v) is 3.05. The predicted molar refractivity (Wildman–Crippen MR) is 72.9 cm³/mol. The van der Waals surface area contributed by atoms with Crippen LogP contribution < -0.4 is 10.1 Å². The van der Waals surface area contributed by atoms with Crippen molar-refractivity contribution in [3.8, 4) is 5.75 Å². The summed E-state index contributed by atoms with van der Waals surface area (Å²) in [7, 11) is 1.66. The summed E-state index contributed by atoms with van der Waals surface area (Å²) in [6, 6.07) is 11.8. The van der Waals surface area contributed by atoms with Gasteiger partial charge in [0.2, 0.25) is 0 Å². The fraction of sp³-hybridized carbons (Fsp3) is 0.333. The maximum Gasteiger partial charge on any atom is 0.129 e. The molecule has 0 amide bonds. The molecule has 1 unspecified atom stereocenters. The molecular weight excluding hydrogens is 242 g/mol. The Kier molecular flexibility index (Phi) is 4.60. The van der Waals surface area contributed by atoms with Crippen molar-refractivity contribution >= 4 is 0 Å². The van der Waals surface area contributed by atoms with Gasteiger partial charge in [0.1, 0.15) is 23.9 Å². The van der Waals surface area contributed by atoms with Gasteiger partial charge in [-0.05, 0) is 36.8 Å². The van der Waals surface area contributed by atoms with Gasteiger partial charge in [0, 0.05) is 6.04 Å². The molecule has 0 spiro atoms. The van der Waals surface area contributed by atoms with Crippen molar-refractivity contribution in [1.82, 2.24) is 5.32 Å². The number of aliphatic hydroxyl groups excluding tert-OH is 1. The molecule has 4 heteroatoms. The lowest BCUT2D eigenvalue weighted by atomic mass is 10.1. The molecule has 0 saturated carbocycles. The van der Waals surface area contributed by atoms with Crippen LogP contribution >= 0.6 is 0 Å². The number of hydrogen-bond acceptors (Lipinski definition) is 4. The average molecular weight is 261 g/mol. The molecule has 0 bridgehead atoms. The van der Waals surface area contributed by atoms with Crippen molar-refractivity contribution < 1.29 is 14.3 Å². The van der Waals surface area contributed by atoms with E-state index in [0.717, 1.165) is 17.1 Å². The molecule has 2 aromatic rings. The van der Waals surface area contributed by atoms with Crippen LogP contribution in [0.5, 0.6) is 5.75 Å². The van der Waals surface area contributed by atoms with Crippen LogP contribution in [0.1, 0.15) is 30.0 Å². The number of nitrogens with one attached hydrogen (secondary N) is 1. The Bertz CT molecular complexity index is 522. The van der Waals surface area contributed by atoms with Gasteiger partial charge < -0.3 is 19.6 Å². The van der Waals surface area contributed by atoms with Crippen LogP contribution in [0.4, 0.5) is 0 Å². The van der Waals surface area contributed by atoms with Crippen LogP contribution in [-0.4, -0.2) is 12.2 Å². The Morgan fingerprint density at radius 1 is 1.26 bits per heavy atom. The molecule has 1 atom stereocenters. The molecule has 2 N–H and O–H groups in total. The van der Waals surface area contributed by atoms with Gasteiger partial charge in [-0.2, -0.15) is 0 Å². The first-order valence-corrected chi connectivity index (χ1v) is 6.28. The van der Waals surface area contributed by atoms with Crippen LogP contribution in [-0.2, 0) is 13.2 Å². The molecule has 1 aromatic carbocycles. The third-order valence-electron chi connectivity index (χ3n) is 3.05. The third kappa shape index (κ3) is 3.59. The van der Waals surface area contributed by atoms with E-state index in [-0.39, 0.29) is 12.6 Å². The quantitative estimate of drug-likeness (QED) is 0.839. The van der Waals surface area contributed by atoms with Crippen molar-refractivity contribution in [3.63, 3.8) is 0 Å². The SMILES string of the molecule is COc1cccc(C(C)NCc2ccc(CO)o2)c1. The zero-order valence-electron chi connectivity index (χ0n) is 11.2. The van der Waals surface area contributed by atoms with Crippen LogP contribution in [0, 0.1) is 0 Å². The average Bonchev–Trinajstić information content (AvgIpc) is 2.93. The van der Waals surface area contributed by atoms with Crippen molar-refractivity contribution in [1.29, 1.82) is 0 Å². The van der Waals surface area contributed by atoms with E-state index in [4.69, 9.17) is 14.3 Å². The summed E-state index contributed by atoms with van der Waals surface area (Å²) in [4.78, 5) is 0. The number of ether oxygens (including phenoxy) is 1. The highest BCUT2D eigenvalue weighted by Gasteiger charge is 2.07. The first-order valence-electron chi connectivity index (χ1n) is 6.28. The maximum atomic E-state index is 8.94. The molecule has 2 rings (SSSR count). The first kappa shape index (κ1) is 13.6. The predicted octanol–water partition coefficient (Wildman–Crippen LogP) is 2.63. The van der Waals surface area contributed by atoms with Crippen LogP contribution in [0.3, 0.4) is 0 Å². The molecule has 4 nitrogen and oxygen atoms in total. The lowest BCUT2D eigenvalue weighted by Crippen LogP contribution is -2.17. The highest BCUT2D eigenvalue weighted by Crippen LogP contribution is 2.19. The summed E-state index contributed by atoms with van der Waals surface area (Å²) in [5.41, 5.74) is 1.16. The molecule has 1 aromatic heterocycles. The van der Waals surface area contributed by atoms with E-state index in [1.165, 1.54) is 0 Å². The number of aliphatic hydroxyl groups is 1. The lowest BCUT2D eigenvalue weighted by Gasteiger charge is -2.14. The van der Waals surface area contributed by atoms with Crippen molar-refractivity contribution in [3.05, 3.63) is 53.5 Å². The molecule has 0 aliphatic carbocycles. The molecule has 1 heterocycles. The second kappa shape index (κ2) is 6.41. The minimum atomic E-state index is -0.0640. The Morgan fingerprint density at radius 3 is 2.74 bits per heavy atom. The van der Waals surface area contributed by atoms with Gasteiger partial charge in [-0.15, -0.1) is 0 Å². The minimum absolute atomic E-state index is 0.0640. The lowest BCUT2D eigenvalue weighted by molar-refractivity contribution is 0.242. The first-order chi connectivity index (χ1) is 9.22. The zero-order chi connectivity index (χ0) is 13.7. The van der Waals surface area contributed by atoms with Crippen molar-refractivity contribution in [2.24, 2.45) is 0 Å². The number of methoxy groups -OCH3 is 1. The summed E-state index contributed by atoms with van der Waals surface area (Å²) in [5, 5.41) is 12.3. The maximum absolute atomic E-state index is 8.94. The summed E-state index contributed by atoms with van der Waals surface area (Å²) < 4.78 is 10.6. The highest BCUT2D eigenvalue weighted by atomic mass is 16.5. The molecule has 0 saturated heterocycles. The van der Waals surface area contributed by atoms with E-state index in [2.05, 4.69) is 18.3 Å². The molecular formula is C15H19NO3. The monoisotopic (exact) mass is 261 g/mol. The summed E-state index contributed by atoms with van der Waals surface area (Å²) in [6.07, 6.45) is 0. The Morgan fingerprint density at radius 2 is 2.05 bits per heavy atom. The van der Waals surface area contributed by atoms with Crippen LogP contribution in [0.15, 0.2) is 40.8 Å². The summed E-state index contributed by atoms with van der Waals surface area (Å²) in [5.74, 6) is 2.26. The second-order valence-electron chi connectivity index (χ2n) is 4.41. The van der Waals surface area contributed by atoms with Gasteiger partial charge in [0.05, 0.1) is 13.7 Å². The van der Waals surface area contributed by atoms with E-state index in [1.54, 1.807) is 13.2 Å². The van der Waals surface area contributed by atoms with Gasteiger partial charge in [-0.3, -0.25) is 0 Å². The molecule has 102 valence electrons. The van der Waals surface area contributed by atoms with Gasteiger partial charge in [-0.1, -0.05) is 12.1 Å². The molecule has 0 fully saturated rings. The molecule has 19 heavy (non-hydrogen) atoms. The van der Waals surface area contributed by atoms with E-state index in [9.17, 15) is 0 Å². The smallest absolute Gasteiger partial charge is 0.129 e. The van der Waals surface area contributed by atoms with Crippen LogP contribution in [0.2, 0.25) is 0 Å². The van der Waals surface area contributed by atoms with E-state index in [0.29, 0.717) is 12.3 Å². The highest BCUT2D eigenvalue weighted by molar-refractivity contribution is 5.30. The number of rotatable bonds is 6. The van der Waals surface area contributed by atoms with Gasteiger partial charge >= 0.3 is 0 Å². The van der Waals surface area contributed by atoms with Gasteiger partial charge in [0.15, 0.2) is 0 Å². The fourth-order valence-corrected chi connectivity index (χ4v) is 1.88. The standard InChI is InChI=1S/C15H19NO3/c1-11(12-4-3-5-13(8-12)18-2)16-9-14-6-7-15(10-17)19-14/h3-8,11,16-17H,9-10H2,1-2H3. The van der Waals surface area contributed by atoms with Gasteiger partial charge in [0.25, 0.3) is 0 Å². The number of hydrogen-bond donors (Lipinski definition) is 2. The summed E-state index contributed by atoms with van der Waals surface area (Å²) in [6.45, 7) is 2.65. The fourth-order valence-electron chi connectivity index (χ4n) is 1.88. The molecule has 0 radical (unpaired) electrons. The van der Waals surface area contributed by atoms with E-state index < -0.39 is 0 Å². The van der Waals surface area contributed by atoms with Crippen LogP contribution in [0.25, 0.3) is 0 Å². The zero-order valence-corrected chi connectivity index (χ0v) is 11.2. The summed E-state index contributed by atoms with van der Waals surface area (Å²) >= 11 is 0.